The molecule has 24 heavy (non-hydrogen) atoms. The Morgan fingerprint density at radius 2 is 2.08 bits per heavy atom. The van der Waals surface area contributed by atoms with Gasteiger partial charge in [0, 0.05) is 11.4 Å². The number of ether oxygens (including phenoxy) is 1. The molecule has 1 aromatic carbocycles. The summed E-state index contributed by atoms with van der Waals surface area (Å²) in [6, 6.07) is 6.41. The first-order chi connectivity index (χ1) is 11.4. The number of amides is 4. The summed E-state index contributed by atoms with van der Waals surface area (Å²) >= 11 is 1.45. The quantitative estimate of drug-likeness (QED) is 0.752. The van der Waals surface area contributed by atoms with E-state index in [4.69, 9.17) is 10.5 Å². The molecule has 0 saturated heterocycles. The van der Waals surface area contributed by atoms with Gasteiger partial charge in [0.15, 0.2) is 6.10 Å². The SMILES string of the molecule is C[C@H](OC(=O)CCN1C(=O)CSc2ccccc21)C(=O)NC(N)=O. The van der Waals surface area contributed by atoms with Crippen molar-refractivity contribution in [2.45, 2.75) is 24.3 Å². The Morgan fingerprint density at radius 3 is 2.79 bits per heavy atom. The monoisotopic (exact) mass is 351 g/mol. The molecule has 1 heterocycles. The molecule has 1 aliphatic rings. The summed E-state index contributed by atoms with van der Waals surface area (Å²) in [4.78, 5) is 48.4. The molecule has 1 atom stereocenters. The van der Waals surface area contributed by atoms with Gasteiger partial charge < -0.3 is 15.4 Å². The Kier molecular flexibility index (Phi) is 5.80. The number of hydrogen-bond acceptors (Lipinski definition) is 6. The average Bonchev–Trinajstić information content (AvgIpc) is 2.53. The van der Waals surface area contributed by atoms with Crippen LogP contribution in [0.3, 0.4) is 0 Å². The number of carbonyl (C=O) groups excluding carboxylic acids is 4. The highest BCUT2D eigenvalue weighted by atomic mass is 32.2. The van der Waals surface area contributed by atoms with Crippen LogP contribution >= 0.6 is 11.8 Å². The molecule has 0 aromatic heterocycles. The number of fused-ring (bicyclic) bond motifs is 1. The Hall–Kier alpha value is -2.55. The third-order valence-corrected chi connectivity index (χ3v) is 4.32. The lowest BCUT2D eigenvalue weighted by Crippen LogP contribution is -2.42. The number of benzene rings is 1. The molecule has 0 unspecified atom stereocenters. The summed E-state index contributed by atoms with van der Waals surface area (Å²) in [6.07, 6.45) is -1.22. The summed E-state index contributed by atoms with van der Waals surface area (Å²) in [5, 5.41) is 1.83. The second kappa shape index (κ2) is 7.82. The minimum atomic E-state index is -1.15. The number of hydrogen-bond donors (Lipinski definition) is 2. The molecule has 0 radical (unpaired) electrons. The van der Waals surface area contributed by atoms with Gasteiger partial charge in [-0.25, -0.2) is 4.79 Å². The normalized spacial score (nSPS) is 14.5. The van der Waals surface area contributed by atoms with Crippen LogP contribution in [0.5, 0.6) is 0 Å². The summed E-state index contributed by atoms with van der Waals surface area (Å²) in [5.74, 6) is -1.23. The van der Waals surface area contributed by atoms with Crippen LogP contribution in [0.2, 0.25) is 0 Å². The number of nitrogens with one attached hydrogen (secondary N) is 1. The number of para-hydroxylation sites is 1. The van der Waals surface area contributed by atoms with Gasteiger partial charge in [-0.1, -0.05) is 12.1 Å². The van der Waals surface area contributed by atoms with Gasteiger partial charge >= 0.3 is 12.0 Å². The van der Waals surface area contributed by atoms with Crippen LogP contribution in [0.15, 0.2) is 29.2 Å². The van der Waals surface area contributed by atoms with E-state index in [1.807, 2.05) is 29.6 Å². The van der Waals surface area contributed by atoms with Crippen LogP contribution in [-0.2, 0) is 19.1 Å². The number of rotatable bonds is 5. The number of anilines is 1. The molecule has 0 spiro atoms. The molecular formula is C15H17N3O5S. The maximum absolute atomic E-state index is 12.1. The highest BCUT2D eigenvalue weighted by Crippen LogP contribution is 2.34. The minimum absolute atomic E-state index is 0.0705. The lowest BCUT2D eigenvalue weighted by molar-refractivity contribution is -0.154. The fraction of sp³-hybridized carbons (Fsp3) is 0.333. The standard InChI is InChI=1S/C15H17N3O5S/c1-9(14(21)17-15(16)22)23-13(20)6-7-18-10-4-2-3-5-11(10)24-8-12(18)19/h2-5,9H,6-8H2,1H3,(H3,16,17,21,22)/t9-/m0/s1. The van der Waals surface area contributed by atoms with E-state index in [0.717, 1.165) is 10.6 Å². The second-order valence-electron chi connectivity index (χ2n) is 5.04. The van der Waals surface area contributed by atoms with E-state index < -0.39 is 24.0 Å². The number of nitrogens with zero attached hydrogens (tertiary/aromatic N) is 1. The Labute approximate surface area is 142 Å². The van der Waals surface area contributed by atoms with Crippen LogP contribution in [0.1, 0.15) is 13.3 Å². The Bertz CT molecular complexity index is 679. The molecule has 3 N–H and O–H groups in total. The second-order valence-corrected chi connectivity index (χ2v) is 6.05. The number of primary amides is 1. The average molecular weight is 351 g/mol. The number of esters is 1. The predicted molar refractivity (Wildman–Crippen MR) is 87.4 cm³/mol. The molecule has 0 aliphatic carbocycles. The number of imide groups is 1. The van der Waals surface area contributed by atoms with Crippen molar-refractivity contribution >= 4 is 41.3 Å². The van der Waals surface area contributed by atoms with Gasteiger partial charge in [-0.05, 0) is 19.1 Å². The highest BCUT2D eigenvalue weighted by molar-refractivity contribution is 8.00. The van der Waals surface area contributed by atoms with Crippen LogP contribution in [0.4, 0.5) is 10.5 Å². The Morgan fingerprint density at radius 1 is 1.38 bits per heavy atom. The number of carbonyl (C=O) groups is 4. The lowest BCUT2D eigenvalue weighted by Gasteiger charge is -2.28. The molecule has 1 aliphatic heterocycles. The van der Waals surface area contributed by atoms with E-state index in [-0.39, 0.29) is 18.9 Å². The van der Waals surface area contributed by atoms with Crippen molar-refractivity contribution in [2.24, 2.45) is 5.73 Å². The zero-order valence-electron chi connectivity index (χ0n) is 13.0. The van der Waals surface area contributed by atoms with Gasteiger partial charge in [0.05, 0.1) is 17.9 Å². The van der Waals surface area contributed by atoms with Crippen molar-refractivity contribution in [3.63, 3.8) is 0 Å². The van der Waals surface area contributed by atoms with E-state index in [1.54, 1.807) is 0 Å². The topological polar surface area (TPSA) is 119 Å². The predicted octanol–water partition coefficient (Wildman–Crippen LogP) is 0.642. The molecular weight excluding hydrogens is 334 g/mol. The number of nitrogens with two attached hydrogens (primary N) is 1. The van der Waals surface area contributed by atoms with E-state index >= 15 is 0 Å². The number of thioether (sulfide) groups is 1. The first-order valence-electron chi connectivity index (χ1n) is 7.20. The molecule has 128 valence electrons. The largest absolute Gasteiger partial charge is 0.452 e. The van der Waals surface area contributed by atoms with Gasteiger partial charge in [0.1, 0.15) is 0 Å². The van der Waals surface area contributed by atoms with Crippen molar-refractivity contribution in [2.75, 3.05) is 17.2 Å². The number of urea groups is 1. The molecule has 2 rings (SSSR count). The molecule has 9 heteroatoms. The summed E-state index contributed by atoms with van der Waals surface area (Å²) in [7, 11) is 0. The van der Waals surface area contributed by atoms with Crippen LogP contribution in [0.25, 0.3) is 0 Å². The summed E-state index contributed by atoms with van der Waals surface area (Å²) < 4.78 is 4.93. The van der Waals surface area contributed by atoms with Crippen LogP contribution in [-0.4, -0.2) is 42.2 Å². The zero-order valence-corrected chi connectivity index (χ0v) is 13.8. The fourth-order valence-corrected chi connectivity index (χ4v) is 3.07. The van der Waals surface area contributed by atoms with Crippen molar-refractivity contribution in [3.05, 3.63) is 24.3 Å². The first kappa shape index (κ1) is 17.8. The summed E-state index contributed by atoms with van der Waals surface area (Å²) in [5.41, 5.74) is 5.58. The molecule has 0 saturated carbocycles. The van der Waals surface area contributed by atoms with Gasteiger partial charge in [-0.3, -0.25) is 19.7 Å². The van der Waals surface area contributed by atoms with Crippen molar-refractivity contribution in [3.8, 4) is 0 Å². The van der Waals surface area contributed by atoms with E-state index in [9.17, 15) is 19.2 Å². The van der Waals surface area contributed by atoms with Crippen molar-refractivity contribution in [1.29, 1.82) is 0 Å². The van der Waals surface area contributed by atoms with E-state index in [1.165, 1.54) is 23.6 Å². The van der Waals surface area contributed by atoms with Crippen molar-refractivity contribution in [1.82, 2.24) is 5.32 Å². The molecule has 4 amide bonds. The third kappa shape index (κ3) is 4.48. The smallest absolute Gasteiger partial charge is 0.318 e. The Balaban J connectivity index is 1.91. The van der Waals surface area contributed by atoms with E-state index in [2.05, 4.69) is 0 Å². The van der Waals surface area contributed by atoms with Gasteiger partial charge in [-0.2, -0.15) is 0 Å². The maximum atomic E-state index is 12.1. The van der Waals surface area contributed by atoms with Crippen molar-refractivity contribution < 1.29 is 23.9 Å². The molecule has 8 nitrogen and oxygen atoms in total. The molecule has 0 fully saturated rings. The molecule has 0 bridgehead atoms. The lowest BCUT2D eigenvalue weighted by atomic mass is 10.2. The zero-order chi connectivity index (χ0) is 17.7. The van der Waals surface area contributed by atoms with Crippen LogP contribution < -0.4 is 16.0 Å². The van der Waals surface area contributed by atoms with Gasteiger partial charge in [0.25, 0.3) is 5.91 Å². The van der Waals surface area contributed by atoms with E-state index in [0.29, 0.717) is 5.75 Å². The summed E-state index contributed by atoms with van der Waals surface area (Å²) in [6.45, 7) is 1.48. The third-order valence-electron chi connectivity index (χ3n) is 3.27. The maximum Gasteiger partial charge on any atom is 0.318 e. The molecule has 1 aromatic rings. The van der Waals surface area contributed by atoms with Gasteiger partial charge in [-0.15, -0.1) is 11.8 Å². The van der Waals surface area contributed by atoms with Gasteiger partial charge in [0.2, 0.25) is 5.91 Å². The van der Waals surface area contributed by atoms with Crippen LogP contribution in [0, 0.1) is 0 Å². The minimum Gasteiger partial charge on any atom is -0.452 e. The fourth-order valence-electron chi connectivity index (χ4n) is 2.13. The first-order valence-corrected chi connectivity index (χ1v) is 8.19. The highest BCUT2D eigenvalue weighted by Gasteiger charge is 2.26.